The second-order valence-corrected chi connectivity index (χ2v) is 10.8. The zero-order chi connectivity index (χ0) is 27.6. The molecule has 4 aromatic rings. The Labute approximate surface area is 232 Å². The van der Waals surface area contributed by atoms with Gasteiger partial charge in [0, 0.05) is 23.5 Å². The first-order chi connectivity index (χ1) is 19.4. The molecule has 12 heteroatoms. The molecule has 6 rings (SSSR count). The minimum Gasteiger partial charge on any atom is -0.336 e. The summed E-state index contributed by atoms with van der Waals surface area (Å²) < 4.78 is 14.7. The highest BCUT2D eigenvalue weighted by molar-refractivity contribution is 7.14. The van der Waals surface area contributed by atoms with Crippen LogP contribution in [0.15, 0.2) is 53.5 Å². The third-order valence-electron chi connectivity index (χ3n) is 6.95. The van der Waals surface area contributed by atoms with Crippen molar-refractivity contribution in [3.8, 4) is 11.3 Å². The number of amides is 2. The van der Waals surface area contributed by atoms with Gasteiger partial charge in [-0.25, -0.2) is 14.5 Å². The van der Waals surface area contributed by atoms with Gasteiger partial charge in [0.1, 0.15) is 17.3 Å². The van der Waals surface area contributed by atoms with Crippen molar-refractivity contribution in [1.29, 1.82) is 0 Å². The number of H-pyrrole nitrogens is 1. The van der Waals surface area contributed by atoms with Crippen molar-refractivity contribution in [2.45, 2.75) is 25.7 Å². The van der Waals surface area contributed by atoms with Gasteiger partial charge in [-0.3, -0.25) is 14.4 Å². The number of nitrogens with one attached hydrogen (secondary N) is 4. The molecule has 0 spiro atoms. The topological polar surface area (TPSA) is 132 Å². The number of nitrogens with zero attached hydrogens (tertiary/aromatic N) is 3. The molecule has 1 aromatic carbocycles. The predicted molar refractivity (Wildman–Crippen MR) is 152 cm³/mol. The van der Waals surface area contributed by atoms with Gasteiger partial charge in [-0.1, -0.05) is 0 Å². The molecule has 0 atom stereocenters. The van der Waals surface area contributed by atoms with E-state index in [-0.39, 0.29) is 29.7 Å². The first-order valence-electron chi connectivity index (χ1n) is 13.0. The number of aromatic nitrogens is 3. The fourth-order valence-corrected chi connectivity index (χ4v) is 6.00. The molecule has 4 heterocycles. The Morgan fingerprint density at radius 1 is 1.05 bits per heavy atom. The quantitative estimate of drug-likeness (QED) is 0.282. The first-order valence-corrected chi connectivity index (χ1v) is 13.8. The molecule has 2 aliphatic rings. The van der Waals surface area contributed by atoms with Crippen LogP contribution in [0.3, 0.4) is 0 Å². The zero-order valence-electron chi connectivity index (χ0n) is 21.4. The molecule has 0 saturated carbocycles. The average molecular weight is 560 g/mol. The third-order valence-corrected chi connectivity index (χ3v) is 8.18. The molecular weight excluding hydrogens is 533 g/mol. The van der Waals surface area contributed by atoms with Crippen LogP contribution in [-0.2, 0) is 17.6 Å². The first kappa shape index (κ1) is 25.8. The normalized spacial score (nSPS) is 15.0. The Bertz CT molecular complexity index is 1630. The molecule has 10 nitrogen and oxygen atoms in total. The highest BCUT2D eigenvalue weighted by Crippen LogP contribution is 2.31. The molecule has 3 aromatic heterocycles. The van der Waals surface area contributed by atoms with Gasteiger partial charge in [0.15, 0.2) is 0 Å². The van der Waals surface area contributed by atoms with E-state index in [1.54, 1.807) is 23.2 Å². The lowest BCUT2D eigenvalue weighted by Crippen LogP contribution is -2.48. The molecule has 0 radical (unpaired) electrons. The van der Waals surface area contributed by atoms with Gasteiger partial charge >= 0.3 is 0 Å². The summed E-state index contributed by atoms with van der Waals surface area (Å²) in [4.78, 5) is 45.3. The number of benzene rings is 1. The van der Waals surface area contributed by atoms with E-state index in [0.29, 0.717) is 40.7 Å². The summed E-state index contributed by atoms with van der Waals surface area (Å²) >= 11 is 1.46. The van der Waals surface area contributed by atoms with Crippen molar-refractivity contribution >= 4 is 46.0 Å². The number of aromatic amines is 1. The second kappa shape index (κ2) is 11.0. The van der Waals surface area contributed by atoms with E-state index in [0.717, 1.165) is 25.7 Å². The van der Waals surface area contributed by atoms with E-state index in [9.17, 15) is 18.8 Å². The number of anilines is 4. The van der Waals surface area contributed by atoms with E-state index in [1.807, 2.05) is 6.07 Å². The second-order valence-electron chi connectivity index (χ2n) is 9.66. The maximum absolute atomic E-state index is 14.7. The van der Waals surface area contributed by atoms with Gasteiger partial charge < -0.3 is 20.9 Å². The fraction of sp³-hybridized carbons (Fsp3) is 0.250. The van der Waals surface area contributed by atoms with Crippen LogP contribution in [0.5, 0.6) is 0 Å². The number of hydrogen-bond donors (Lipinski definition) is 4. The molecule has 1 aliphatic heterocycles. The predicted octanol–water partition coefficient (Wildman–Crippen LogP) is 3.84. The van der Waals surface area contributed by atoms with Gasteiger partial charge in [-0.05, 0) is 73.7 Å². The lowest BCUT2D eigenvalue weighted by Gasteiger charge is -2.27. The molecule has 204 valence electrons. The Balaban J connectivity index is 1.20. The Morgan fingerprint density at radius 2 is 1.93 bits per heavy atom. The van der Waals surface area contributed by atoms with E-state index < -0.39 is 11.4 Å². The summed E-state index contributed by atoms with van der Waals surface area (Å²) in [6, 6.07) is 11.1. The van der Waals surface area contributed by atoms with Crippen LogP contribution in [0.1, 0.15) is 33.0 Å². The van der Waals surface area contributed by atoms with Crippen LogP contribution in [-0.4, -0.2) is 46.6 Å². The van der Waals surface area contributed by atoms with Crippen LogP contribution in [0.25, 0.3) is 11.3 Å². The lowest BCUT2D eigenvalue weighted by molar-refractivity contribution is -0.118. The minimum absolute atomic E-state index is 0.0242. The Hall–Kier alpha value is -4.42. The third kappa shape index (κ3) is 5.36. The highest BCUT2D eigenvalue weighted by Gasteiger charge is 2.20. The molecule has 1 fully saturated rings. The summed E-state index contributed by atoms with van der Waals surface area (Å²) in [6.45, 7) is 1.53. The number of hydrogen-bond acceptors (Lipinski definition) is 8. The van der Waals surface area contributed by atoms with E-state index in [4.69, 9.17) is 0 Å². The number of aryl methyl sites for hydroxylation is 2. The smallest absolute Gasteiger partial charge is 0.287 e. The number of fused-ring (bicyclic) bond motifs is 1. The summed E-state index contributed by atoms with van der Waals surface area (Å²) in [5.74, 6) is -0.564. The summed E-state index contributed by atoms with van der Waals surface area (Å²) in [7, 11) is 0. The molecular formula is C28H26FN7O3S. The highest BCUT2D eigenvalue weighted by atomic mass is 32.1. The van der Waals surface area contributed by atoms with E-state index in [2.05, 4.69) is 31.1 Å². The number of pyridine rings is 1. The molecule has 0 unspecified atom stereocenters. The van der Waals surface area contributed by atoms with Gasteiger partial charge in [-0.15, -0.1) is 11.3 Å². The standard InChI is InChI=1S/C28H26FN7O3S/c29-19-7-5-16(11-21(19)33-28(39)24-12-17-3-1-2-4-23(17)40-24)20-13-22(27(38)35-34-20)32-25-8-6-18(14-31-25)36-10-9-30-15-26(36)37/h5-8,11-14,30H,1-4,9-10,15H2,(H,33,39)(H,35,38)(H,31,32,34). The van der Waals surface area contributed by atoms with Gasteiger partial charge in [0.2, 0.25) is 5.91 Å². The maximum atomic E-state index is 14.7. The molecule has 4 N–H and O–H groups in total. The molecule has 2 amide bonds. The molecule has 40 heavy (non-hydrogen) atoms. The number of carbonyl (C=O) groups excluding carboxylic acids is 2. The molecule has 1 aliphatic carbocycles. The monoisotopic (exact) mass is 559 g/mol. The van der Waals surface area contributed by atoms with Crippen LogP contribution < -0.4 is 26.4 Å². The van der Waals surface area contributed by atoms with Crippen molar-refractivity contribution < 1.29 is 14.0 Å². The van der Waals surface area contributed by atoms with Crippen molar-refractivity contribution in [3.63, 3.8) is 0 Å². The zero-order valence-corrected chi connectivity index (χ0v) is 22.2. The van der Waals surface area contributed by atoms with Crippen LogP contribution in [0.4, 0.5) is 27.3 Å². The number of rotatable bonds is 6. The average Bonchev–Trinajstić information content (AvgIpc) is 3.41. The summed E-state index contributed by atoms with van der Waals surface area (Å²) in [5, 5.41) is 15.2. The minimum atomic E-state index is -0.576. The lowest BCUT2D eigenvalue weighted by atomic mass is 9.99. The van der Waals surface area contributed by atoms with E-state index in [1.165, 1.54) is 46.0 Å². The SMILES string of the molecule is O=C(Nc1cc(-c2cc(Nc3ccc(N4CCNCC4=O)cn3)c(=O)[nH]n2)ccc1F)c1cc2c(s1)CCCC2. The van der Waals surface area contributed by atoms with Crippen molar-refractivity contribution in [3.05, 3.63) is 80.2 Å². The van der Waals surface area contributed by atoms with Crippen LogP contribution in [0.2, 0.25) is 0 Å². The Morgan fingerprint density at radius 3 is 2.73 bits per heavy atom. The van der Waals surface area contributed by atoms with Gasteiger partial charge in [0.25, 0.3) is 11.5 Å². The number of piperazine rings is 1. The number of thiophene rings is 1. The van der Waals surface area contributed by atoms with Crippen LogP contribution >= 0.6 is 11.3 Å². The summed E-state index contributed by atoms with van der Waals surface area (Å²) in [6.07, 6.45) is 5.74. The van der Waals surface area contributed by atoms with Crippen molar-refractivity contribution in [2.75, 3.05) is 35.2 Å². The fourth-order valence-electron chi connectivity index (χ4n) is 4.85. The molecule has 0 bridgehead atoms. The van der Waals surface area contributed by atoms with Gasteiger partial charge in [0.05, 0.1) is 34.7 Å². The largest absolute Gasteiger partial charge is 0.336 e. The molecule has 1 saturated heterocycles. The number of halogens is 1. The van der Waals surface area contributed by atoms with Crippen LogP contribution in [0, 0.1) is 5.82 Å². The van der Waals surface area contributed by atoms with Crippen molar-refractivity contribution in [1.82, 2.24) is 20.5 Å². The maximum Gasteiger partial charge on any atom is 0.287 e. The van der Waals surface area contributed by atoms with Crippen molar-refractivity contribution in [2.24, 2.45) is 0 Å². The Kier molecular flexibility index (Phi) is 7.10. The summed E-state index contributed by atoms with van der Waals surface area (Å²) in [5.41, 5.74) is 2.48. The van der Waals surface area contributed by atoms with Gasteiger partial charge in [-0.2, -0.15) is 5.10 Å². The van der Waals surface area contributed by atoms with E-state index >= 15 is 0 Å². The number of carbonyl (C=O) groups is 2.